The smallest absolute Gasteiger partial charge is 0.255 e. The molecular weight excluding hydrogens is 561 g/mol. The van der Waals surface area contributed by atoms with Crippen molar-refractivity contribution in [2.24, 2.45) is 16.3 Å². The van der Waals surface area contributed by atoms with Crippen molar-refractivity contribution < 1.29 is 9.21 Å². The predicted molar refractivity (Wildman–Crippen MR) is 171 cm³/mol. The van der Waals surface area contributed by atoms with Crippen LogP contribution in [-0.4, -0.2) is 16.7 Å². The first-order chi connectivity index (χ1) is 20.2. The fourth-order valence-corrected chi connectivity index (χ4v) is 9.21. The van der Waals surface area contributed by atoms with Crippen LogP contribution >= 0.6 is 22.7 Å². The molecule has 0 aromatic carbocycles. The highest BCUT2D eigenvalue weighted by atomic mass is 32.1. The zero-order valence-corrected chi connectivity index (χ0v) is 26.7. The lowest BCUT2D eigenvalue weighted by Gasteiger charge is -2.33. The van der Waals surface area contributed by atoms with E-state index in [0.717, 1.165) is 82.4 Å². The minimum Gasteiger partial charge on any atom is -0.467 e. The van der Waals surface area contributed by atoms with Crippen molar-refractivity contribution in [2.75, 3.05) is 0 Å². The fraction of sp³-hybridized carbons (Fsp3) is 0.441. The summed E-state index contributed by atoms with van der Waals surface area (Å²) in [5.41, 5.74) is 7.29. The standard InChI is InChI=1S/C34H38N4O2S2/c1-20-15-22(21(2)38(20)33-27(17-35)25-10-6-7-11-28(25)42-33)18-37-32-30(31(39)36-19-24-9-8-14-40-24)26-13-12-23(34(3,4)5)16-29(26)41-32/h8-9,14-15,18,23H,6-7,10-13,16,19H2,1-5H3,(H,36,39)/t23-/m0/s1. The number of amides is 1. The number of furan rings is 1. The zero-order valence-electron chi connectivity index (χ0n) is 25.1. The molecule has 0 fully saturated rings. The van der Waals surface area contributed by atoms with Gasteiger partial charge < -0.3 is 14.3 Å². The van der Waals surface area contributed by atoms with Crippen molar-refractivity contribution in [1.29, 1.82) is 5.26 Å². The summed E-state index contributed by atoms with van der Waals surface area (Å²) >= 11 is 3.42. The first-order valence-electron chi connectivity index (χ1n) is 14.9. The molecule has 4 aromatic rings. The van der Waals surface area contributed by atoms with Crippen molar-refractivity contribution in [3.8, 4) is 11.1 Å². The van der Waals surface area contributed by atoms with E-state index in [-0.39, 0.29) is 11.3 Å². The van der Waals surface area contributed by atoms with Crippen LogP contribution in [0.3, 0.4) is 0 Å². The number of aliphatic imine (C=N–C) groups is 1. The summed E-state index contributed by atoms with van der Waals surface area (Å²) in [6, 6.07) is 8.35. The van der Waals surface area contributed by atoms with Crippen LogP contribution in [0.15, 0.2) is 33.9 Å². The quantitative estimate of drug-likeness (QED) is 0.226. The van der Waals surface area contributed by atoms with Crippen LogP contribution in [0.2, 0.25) is 0 Å². The van der Waals surface area contributed by atoms with Crippen LogP contribution < -0.4 is 5.32 Å². The Balaban J connectivity index is 1.35. The Morgan fingerprint density at radius 3 is 2.74 bits per heavy atom. The number of rotatable bonds is 6. The van der Waals surface area contributed by atoms with Gasteiger partial charge in [0.1, 0.15) is 21.8 Å². The molecule has 8 heteroatoms. The van der Waals surface area contributed by atoms with Crippen LogP contribution in [0, 0.1) is 36.5 Å². The van der Waals surface area contributed by atoms with Gasteiger partial charge in [-0.2, -0.15) is 5.26 Å². The fourth-order valence-electron chi connectivity index (χ4n) is 6.49. The molecule has 6 nitrogen and oxygen atoms in total. The number of aryl methyl sites for hydroxylation is 2. The van der Waals surface area contributed by atoms with Gasteiger partial charge in [0.25, 0.3) is 5.91 Å². The van der Waals surface area contributed by atoms with Crippen LogP contribution in [0.25, 0.3) is 5.00 Å². The van der Waals surface area contributed by atoms with Crippen molar-refractivity contribution in [3.63, 3.8) is 0 Å². The molecule has 1 atom stereocenters. The maximum atomic E-state index is 13.6. The number of nitrogens with zero attached hydrogens (tertiary/aromatic N) is 3. The Kier molecular flexibility index (Phi) is 7.75. The lowest BCUT2D eigenvalue weighted by Crippen LogP contribution is -2.28. The second-order valence-electron chi connectivity index (χ2n) is 12.7. The second kappa shape index (κ2) is 11.3. The minimum absolute atomic E-state index is 0.0986. The predicted octanol–water partition coefficient (Wildman–Crippen LogP) is 8.39. The molecule has 42 heavy (non-hydrogen) atoms. The van der Waals surface area contributed by atoms with E-state index in [4.69, 9.17) is 9.41 Å². The van der Waals surface area contributed by atoms with Gasteiger partial charge in [-0.05, 0) is 99.5 Å². The molecule has 218 valence electrons. The third-order valence-corrected chi connectivity index (χ3v) is 11.4. The van der Waals surface area contributed by atoms with E-state index in [0.29, 0.717) is 18.0 Å². The molecule has 0 aliphatic heterocycles. The monoisotopic (exact) mass is 598 g/mol. The van der Waals surface area contributed by atoms with Gasteiger partial charge in [-0.1, -0.05) is 20.8 Å². The summed E-state index contributed by atoms with van der Waals surface area (Å²) in [6.45, 7) is 11.5. The highest BCUT2D eigenvalue weighted by molar-refractivity contribution is 7.16. The van der Waals surface area contributed by atoms with Crippen molar-refractivity contribution in [1.82, 2.24) is 9.88 Å². The third-order valence-electron chi connectivity index (χ3n) is 8.96. The number of carbonyl (C=O) groups excluding carboxylic acids is 1. The number of hydrogen-bond donors (Lipinski definition) is 1. The molecule has 0 bridgehead atoms. The van der Waals surface area contributed by atoms with Crippen LogP contribution in [0.4, 0.5) is 5.00 Å². The molecule has 1 N–H and O–H groups in total. The van der Waals surface area contributed by atoms with E-state index in [2.05, 4.69) is 56.6 Å². The number of aromatic nitrogens is 1. The van der Waals surface area contributed by atoms with Crippen molar-refractivity contribution in [2.45, 2.75) is 86.1 Å². The molecule has 0 unspecified atom stereocenters. The van der Waals surface area contributed by atoms with Gasteiger partial charge >= 0.3 is 0 Å². The summed E-state index contributed by atoms with van der Waals surface area (Å²) in [5.74, 6) is 1.20. The van der Waals surface area contributed by atoms with E-state index in [1.54, 1.807) is 28.9 Å². The van der Waals surface area contributed by atoms with Gasteiger partial charge in [0.15, 0.2) is 0 Å². The van der Waals surface area contributed by atoms with Gasteiger partial charge in [0.2, 0.25) is 0 Å². The first kappa shape index (κ1) is 28.7. The summed E-state index contributed by atoms with van der Waals surface area (Å²) in [5, 5.41) is 14.9. The summed E-state index contributed by atoms with van der Waals surface area (Å²) in [6.07, 6.45) is 10.9. The Hall–Kier alpha value is -3.41. The number of carbonyl (C=O) groups is 1. The molecule has 1 amide bonds. The van der Waals surface area contributed by atoms with E-state index in [1.807, 2.05) is 18.3 Å². The Labute approximate surface area is 256 Å². The Morgan fingerprint density at radius 1 is 1.19 bits per heavy atom. The van der Waals surface area contributed by atoms with Crippen molar-refractivity contribution in [3.05, 3.63) is 79.2 Å². The maximum Gasteiger partial charge on any atom is 0.255 e. The largest absolute Gasteiger partial charge is 0.467 e. The number of hydrogen-bond acceptors (Lipinski definition) is 6. The third kappa shape index (κ3) is 5.29. The van der Waals surface area contributed by atoms with E-state index in [9.17, 15) is 10.1 Å². The SMILES string of the molecule is Cc1cc(C=Nc2sc3c(c2C(=O)NCc2ccco2)CC[C@H](C(C)(C)C)C3)c(C)n1-c1sc2c(c1C#N)CCCC2. The van der Waals surface area contributed by atoms with E-state index >= 15 is 0 Å². The molecule has 0 saturated carbocycles. The van der Waals surface area contributed by atoms with E-state index in [1.165, 1.54) is 21.7 Å². The molecule has 0 radical (unpaired) electrons. The molecule has 2 aliphatic carbocycles. The number of fused-ring (bicyclic) bond motifs is 2. The summed E-state index contributed by atoms with van der Waals surface area (Å²) in [4.78, 5) is 21.2. The van der Waals surface area contributed by atoms with Gasteiger partial charge in [0.05, 0.1) is 23.9 Å². The summed E-state index contributed by atoms with van der Waals surface area (Å²) < 4.78 is 7.66. The molecule has 4 heterocycles. The Bertz CT molecular complexity index is 1700. The van der Waals surface area contributed by atoms with Crippen LogP contribution in [0.1, 0.15) is 99.5 Å². The number of nitrogens with one attached hydrogen (secondary N) is 1. The van der Waals surface area contributed by atoms with E-state index < -0.39 is 0 Å². The number of thiophene rings is 2. The summed E-state index contributed by atoms with van der Waals surface area (Å²) in [7, 11) is 0. The van der Waals surface area contributed by atoms with Gasteiger partial charge in [-0.3, -0.25) is 4.79 Å². The molecule has 4 aromatic heterocycles. The van der Waals surface area contributed by atoms with Gasteiger partial charge in [-0.25, -0.2) is 4.99 Å². The zero-order chi connectivity index (χ0) is 29.6. The molecule has 6 rings (SSSR count). The topological polar surface area (TPSA) is 83.3 Å². The lowest BCUT2D eigenvalue weighted by atomic mass is 9.72. The van der Waals surface area contributed by atoms with Gasteiger partial charge in [-0.15, -0.1) is 22.7 Å². The number of nitriles is 1. The van der Waals surface area contributed by atoms with Gasteiger partial charge in [0, 0.05) is 32.9 Å². The molecule has 2 aliphatic rings. The molecule has 0 spiro atoms. The average molecular weight is 599 g/mol. The first-order valence-corrected chi connectivity index (χ1v) is 16.5. The average Bonchev–Trinajstić information content (AvgIpc) is 3.74. The Morgan fingerprint density at radius 2 is 2.00 bits per heavy atom. The molecular formula is C34H38N4O2S2. The molecule has 0 saturated heterocycles. The maximum absolute atomic E-state index is 13.6. The highest BCUT2D eigenvalue weighted by Crippen LogP contribution is 2.45. The van der Waals surface area contributed by atoms with Crippen LogP contribution in [-0.2, 0) is 32.2 Å². The van der Waals surface area contributed by atoms with Crippen molar-refractivity contribution >= 4 is 39.8 Å². The lowest BCUT2D eigenvalue weighted by molar-refractivity contribution is 0.0947. The second-order valence-corrected chi connectivity index (χ2v) is 14.8. The normalized spacial score (nSPS) is 16.8. The minimum atomic E-state index is -0.0986. The highest BCUT2D eigenvalue weighted by Gasteiger charge is 2.34. The van der Waals surface area contributed by atoms with Crippen LogP contribution in [0.5, 0.6) is 0 Å².